The van der Waals surface area contributed by atoms with Crippen molar-refractivity contribution in [3.05, 3.63) is 42.4 Å². The summed E-state index contributed by atoms with van der Waals surface area (Å²) in [7, 11) is 0. The number of nitrogens with zero attached hydrogens (tertiary/aromatic N) is 3. The van der Waals surface area contributed by atoms with Crippen LogP contribution in [0, 0.1) is 0 Å². The lowest BCUT2D eigenvalue weighted by molar-refractivity contribution is 0.0936. The van der Waals surface area contributed by atoms with E-state index in [0.29, 0.717) is 18.1 Å². The highest BCUT2D eigenvalue weighted by atomic mass is 16.1. The minimum atomic E-state index is -0.234. The summed E-state index contributed by atoms with van der Waals surface area (Å²) in [4.78, 5) is 16.1. The molecule has 3 N–H and O–H groups in total. The van der Waals surface area contributed by atoms with E-state index in [4.69, 9.17) is 5.73 Å². The second-order valence-corrected chi connectivity index (χ2v) is 3.94. The smallest absolute Gasteiger partial charge is 0.270 e. The molecule has 0 bridgehead atoms. The van der Waals surface area contributed by atoms with Crippen molar-refractivity contribution in [3.63, 3.8) is 0 Å². The van der Waals surface area contributed by atoms with Crippen LogP contribution in [0.3, 0.4) is 0 Å². The van der Waals surface area contributed by atoms with Crippen LogP contribution in [-0.4, -0.2) is 33.3 Å². The summed E-state index contributed by atoms with van der Waals surface area (Å²) < 4.78 is 1.60. The van der Waals surface area contributed by atoms with Crippen molar-refractivity contribution in [2.24, 2.45) is 5.73 Å². The van der Waals surface area contributed by atoms with Gasteiger partial charge in [-0.1, -0.05) is 6.07 Å². The molecule has 0 unspecified atom stereocenters. The summed E-state index contributed by atoms with van der Waals surface area (Å²) >= 11 is 0. The van der Waals surface area contributed by atoms with Gasteiger partial charge in [-0.2, -0.15) is 5.10 Å². The van der Waals surface area contributed by atoms with E-state index in [1.165, 1.54) is 0 Å². The van der Waals surface area contributed by atoms with E-state index >= 15 is 0 Å². The molecule has 18 heavy (non-hydrogen) atoms. The zero-order chi connectivity index (χ0) is 13.0. The summed E-state index contributed by atoms with van der Waals surface area (Å²) in [6, 6.07) is 6.94. The molecule has 0 radical (unpaired) electrons. The lowest BCUT2D eigenvalue weighted by Gasteiger charge is -2.11. The van der Waals surface area contributed by atoms with Gasteiger partial charge in [0.05, 0.1) is 0 Å². The topological polar surface area (TPSA) is 85.8 Å². The fourth-order valence-electron chi connectivity index (χ4n) is 1.44. The predicted octanol–water partition coefficient (Wildman–Crippen LogP) is 0.344. The Kier molecular flexibility index (Phi) is 3.69. The third-order valence-corrected chi connectivity index (χ3v) is 2.44. The summed E-state index contributed by atoms with van der Waals surface area (Å²) in [5.74, 6) is 0.370. The van der Waals surface area contributed by atoms with Crippen LogP contribution in [0.5, 0.6) is 0 Å². The Morgan fingerprint density at radius 2 is 2.33 bits per heavy atom. The molecule has 1 amide bonds. The van der Waals surface area contributed by atoms with Gasteiger partial charge in [0, 0.05) is 25.0 Å². The maximum atomic E-state index is 11.9. The first-order valence-corrected chi connectivity index (χ1v) is 5.68. The number of nitrogens with one attached hydrogen (secondary N) is 1. The fraction of sp³-hybridized carbons (Fsp3) is 0.250. The van der Waals surface area contributed by atoms with Gasteiger partial charge in [0.2, 0.25) is 0 Å². The van der Waals surface area contributed by atoms with Crippen molar-refractivity contribution in [2.45, 2.75) is 13.0 Å². The van der Waals surface area contributed by atoms with E-state index in [1.807, 2.05) is 6.92 Å². The highest BCUT2D eigenvalue weighted by Gasteiger charge is 2.10. The molecule has 0 spiro atoms. The molecular weight excluding hydrogens is 230 g/mol. The van der Waals surface area contributed by atoms with Crippen molar-refractivity contribution < 1.29 is 4.79 Å². The molecule has 2 aromatic heterocycles. The second kappa shape index (κ2) is 5.42. The summed E-state index contributed by atoms with van der Waals surface area (Å²) in [5, 5.41) is 6.83. The van der Waals surface area contributed by atoms with Crippen molar-refractivity contribution in [2.75, 3.05) is 6.54 Å². The zero-order valence-corrected chi connectivity index (χ0v) is 10.1. The molecule has 0 aliphatic rings. The molecule has 2 heterocycles. The highest BCUT2D eigenvalue weighted by Crippen LogP contribution is 2.04. The van der Waals surface area contributed by atoms with Crippen molar-refractivity contribution >= 4 is 5.91 Å². The number of amides is 1. The first-order valence-electron chi connectivity index (χ1n) is 5.68. The van der Waals surface area contributed by atoms with Gasteiger partial charge in [0.25, 0.3) is 5.91 Å². The molecule has 0 aliphatic carbocycles. The molecule has 2 rings (SSSR count). The Hall–Kier alpha value is -2.21. The van der Waals surface area contributed by atoms with Gasteiger partial charge in [-0.3, -0.25) is 4.79 Å². The fourth-order valence-corrected chi connectivity index (χ4v) is 1.44. The van der Waals surface area contributed by atoms with Gasteiger partial charge in [0.15, 0.2) is 5.82 Å². The van der Waals surface area contributed by atoms with Crippen LogP contribution in [0.15, 0.2) is 36.7 Å². The van der Waals surface area contributed by atoms with Crippen molar-refractivity contribution in [1.29, 1.82) is 0 Å². The Morgan fingerprint density at radius 1 is 1.50 bits per heavy atom. The minimum absolute atomic E-state index is 0.0762. The van der Waals surface area contributed by atoms with Crippen LogP contribution in [0.2, 0.25) is 0 Å². The molecular formula is C12H15N5O. The van der Waals surface area contributed by atoms with Gasteiger partial charge >= 0.3 is 0 Å². The zero-order valence-electron chi connectivity index (χ0n) is 10.1. The lowest BCUT2D eigenvalue weighted by Crippen LogP contribution is -2.38. The van der Waals surface area contributed by atoms with Crippen molar-refractivity contribution in [3.8, 4) is 5.82 Å². The van der Waals surface area contributed by atoms with E-state index < -0.39 is 0 Å². The van der Waals surface area contributed by atoms with Crippen LogP contribution in [0.25, 0.3) is 5.82 Å². The van der Waals surface area contributed by atoms with E-state index in [9.17, 15) is 4.79 Å². The number of hydrogen-bond acceptors (Lipinski definition) is 4. The Bertz CT molecular complexity index is 523. The van der Waals surface area contributed by atoms with Crippen LogP contribution in [0.1, 0.15) is 17.4 Å². The molecule has 94 valence electrons. The van der Waals surface area contributed by atoms with E-state index in [1.54, 1.807) is 41.3 Å². The molecule has 0 saturated heterocycles. The van der Waals surface area contributed by atoms with Gasteiger partial charge < -0.3 is 11.1 Å². The van der Waals surface area contributed by atoms with E-state index in [-0.39, 0.29) is 11.9 Å². The Morgan fingerprint density at radius 3 is 3.00 bits per heavy atom. The number of carbonyl (C=O) groups is 1. The Balaban J connectivity index is 2.20. The number of aromatic nitrogens is 3. The SMILES string of the molecule is C[C@@H](CN)NC(=O)c1cccc(-n2cccn2)n1. The summed E-state index contributed by atoms with van der Waals surface area (Å²) in [6.45, 7) is 2.24. The summed E-state index contributed by atoms with van der Waals surface area (Å²) in [6.07, 6.45) is 3.43. The van der Waals surface area contributed by atoms with Gasteiger partial charge in [0.1, 0.15) is 5.69 Å². The Labute approximate surface area is 105 Å². The average molecular weight is 245 g/mol. The monoisotopic (exact) mass is 245 g/mol. The number of carbonyl (C=O) groups excluding carboxylic acids is 1. The maximum absolute atomic E-state index is 11.9. The third kappa shape index (κ3) is 2.72. The van der Waals surface area contributed by atoms with E-state index in [2.05, 4.69) is 15.4 Å². The van der Waals surface area contributed by atoms with Gasteiger partial charge in [-0.15, -0.1) is 0 Å². The van der Waals surface area contributed by atoms with Crippen LogP contribution < -0.4 is 11.1 Å². The second-order valence-electron chi connectivity index (χ2n) is 3.94. The largest absolute Gasteiger partial charge is 0.347 e. The molecule has 0 aromatic carbocycles. The van der Waals surface area contributed by atoms with Crippen LogP contribution in [0.4, 0.5) is 0 Å². The predicted molar refractivity (Wildman–Crippen MR) is 67.3 cm³/mol. The standard InChI is InChI=1S/C12H15N5O/c1-9(8-13)15-12(18)10-4-2-5-11(16-10)17-7-3-6-14-17/h2-7,9H,8,13H2,1H3,(H,15,18)/t9-/m0/s1. The quantitative estimate of drug-likeness (QED) is 0.813. The summed E-state index contributed by atoms with van der Waals surface area (Å²) in [5.41, 5.74) is 5.81. The lowest BCUT2D eigenvalue weighted by atomic mass is 10.3. The molecule has 0 aliphatic heterocycles. The first-order chi connectivity index (χ1) is 8.70. The maximum Gasteiger partial charge on any atom is 0.270 e. The number of pyridine rings is 1. The normalized spacial score (nSPS) is 12.1. The molecule has 0 fully saturated rings. The highest BCUT2D eigenvalue weighted by molar-refractivity contribution is 5.92. The molecule has 1 atom stereocenters. The first kappa shape index (κ1) is 12.3. The number of hydrogen-bond donors (Lipinski definition) is 2. The minimum Gasteiger partial charge on any atom is -0.347 e. The van der Waals surface area contributed by atoms with Gasteiger partial charge in [-0.25, -0.2) is 9.67 Å². The number of nitrogens with two attached hydrogens (primary N) is 1. The molecule has 6 heteroatoms. The van der Waals surface area contributed by atoms with Crippen LogP contribution in [-0.2, 0) is 0 Å². The van der Waals surface area contributed by atoms with Gasteiger partial charge in [-0.05, 0) is 25.1 Å². The average Bonchev–Trinajstić information content (AvgIpc) is 2.92. The molecule has 0 saturated carbocycles. The molecule has 6 nitrogen and oxygen atoms in total. The van der Waals surface area contributed by atoms with E-state index in [0.717, 1.165) is 0 Å². The third-order valence-electron chi connectivity index (χ3n) is 2.44. The van der Waals surface area contributed by atoms with Crippen LogP contribution >= 0.6 is 0 Å². The number of rotatable bonds is 4. The molecule has 2 aromatic rings. The van der Waals surface area contributed by atoms with Crippen molar-refractivity contribution in [1.82, 2.24) is 20.1 Å².